The number of rotatable bonds is 4. The number of hydrogen-bond acceptors (Lipinski definition) is 5. The van der Waals surface area contributed by atoms with E-state index < -0.39 is 5.82 Å². The number of nitrogen functional groups attached to an aromatic ring is 1. The predicted molar refractivity (Wildman–Crippen MR) is 56.4 cm³/mol. The van der Waals surface area contributed by atoms with Crippen molar-refractivity contribution in [3.63, 3.8) is 0 Å². The molecule has 0 aliphatic rings. The highest BCUT2D eigenvalue weighted by Crippen LogP contribution is 2.15. The Labute approximate surface area is 86.5 Å². The number of hydrogen-bond donors (Lipinski definition) is 2. The van der Waals surface area contributed by atoms with Gasteiger partial charge in [-0.25, -0.2) is 20.2 Å². The van der Waals surface area contributed by atoms with Crippen molar-refractivity contribution in [2.45, 2.75) is 19.6 Å². The van der Waals surface area contributed by atoms with Gasteiger partial charge in [0.05, 0.1) is 11.4 Å². The SMILES string of the molecule is CCSCc1nc(C)c(F)c(NN)n1. The minimum Gasteiger partial charge on any atom is -0.306 e. The fourth-order valence-electron chi connectivity index (χ4n) is 0.971. The van der Waals surface area contributed by atoms with Crippen molar-refractivity contribution in [3.05, 3.63) is 17.3 Å². The molecule has 14 heavy (non-hydrogen) atoms. The van der Waals surface area contributed by atoms with Gasteiger partial charge in [0.25, 0.3) is 0 Å². The summed E-state index contributed by atoms with van der Waals surface area (Å²) >= 11 is 1.68. The fraction of sp³-hybridized carbons (Fsp3) is 0.500. The lowest BCUT2D eigenvalue weighted by molar-refractivity contribution is 0.602. The van der Waals surface area contributed by atoms with Crippen LogP contribution in [0.2, 0.25) is 0 Å². The van der Waals surface area contributed by atoms with Gasteiger partial charge in [-0.05, 0) is 12.7 Å². The number of aromatic nitrogens is 2. The minimum atomic E-state index is -0.488. The number of aryl methyl sites for hydroxylation is 1. The Bertz CT molecular complexity index is 318. The molecular formula is C8H13FN4S. The first-order valence-electron chi connectivity index (χ1n) is 4.26. The van der Waals surface area contributed by atoms with Crippen LogP contribution < -0.4 is 11.3 Å². The van der Waals surface area contributed by atoms with Gasteiger partial charge in [-0.15, -0.1) is 0 Å². The number of hydrazine groups is 1. The van der Waals surface area contributed by atoms with Crippen LogP contribution in [0.3, 0.4) is 0 Å². The summed E-state index contributed by atoms with van der Waals surface area (Å²) in [5, 5.41) is 0. The van der Waals surface area contributed by atoms with Gasteiger partial charge in [-0.3, -0.25) is 0 Å². The van der Waals surface area contributed by atoms with E-state index in [-0.39, 0.29) is 5.82 Å². The van der Waals surface area contributed by atoms with Gasteiger partial charge in [0.1, 0.15) is 5.82 Å². The summed E-state index contributed by atoms with van der Waals surface area (Å²) in [4.78, 5) is 7.96. The molecule has 0 amide bonds. The van der Waals surface area contributed by atoms with E-state index in [4.69, 9.17) is 5.84 Å². The summed E-state index contributed by atoms with van der Waals surface area (Å²) in [6.45, 7) is 3.64. The van der Waals surface area contributed by atoms with Crippen LogP contribution in [0.1, 0.15) is 18.4 Å². The Hall–Kier alpha value is -0.880. The zero-order valence-corrected chi connectivity index (χ0v) is 8.99. The quantitative estimate of drug-likeness (QED) is 0.589. The number of anilines is 1. The number of halogens is 1. The van der Waals surface area contributed by atoms with Crippen LogP contribution in [0.25, 0.3) is 0 Å². The van der Waals surface area contributed by atoms with Gasteiger partial charge < -0.3 is 5.43 Å². The van der Waals surface area contributed by atoms with Crippen LogP contribution in [0.15, 0.2) is 0 Å². The maximum absolute atomic E-state index is 13.2. The standard InChI is InChI=1S/C8H13FN4S/c1-3-14-4-6-11-5(2)7(9)8(12-6)13-10/h3-4,10H2,1-2H3,(H,11,12,13). The molecule has 0 saturated carbocycles. The van der Waals surface area contributed by atoms with Crippen LogP contribution in [0.5, 0.6) is 0 Å². The average Bonchev–Trinajstić information content (AvgIpc) is 2.19. The molecule has 0 spiro atoms. The van der Waals surface area contributed by atoms with Gasteiger partial charge in [0, 0.05) is 0 Å². The second-order valence-corrected chi connectivity index (χ2v) is 3.94. The lowest BCUT2D eigenvalue weighted by atomic mass is 10.4. The molecular weight excluding hydrogens is 203 g/mol. The van der Waals surface area contributed by atoms with E-state index in [2.05, 4.69) is 15.4 Å². The topological polar surface area (TPSA) is 63.8 Å². The normalized spacial score (nSPS) is 10.3. The summed E-state index contributed by atoms with van der Waals surface area (Å²) in [6, 6.07) is 0. The molecule has 0 aromatic carbocycles. The molecule has 6 heteroatoms. The molecule has 0 bridgehead atoms. The number of nitrogens with one attached hydrogen (secondary N) is 1. The van der Waals surface area contributed by atoms with Crippen LogP contribution in [-0.2, 0) is 5.75 Å². The van der Waals surface area contributed by atoms with Gasteiger partial charge >= 0.3 is 0 Å². The molecule has 0 fully saturated rings. The van der Waals surface area contributed by atoms with E-state index in [1.54, 1.807) is 18.7 Å². The van der Waals surface area contributed by atoms with Crippen LogP contribution in [0, 0.1) is 12.7 Å². The molecule has 1 aromatic heterocycles. The van der Waals surface area contributed by atoms with Gasteiger partial charge in [-0.1, -0.05) is 6.92 Å². The van der Waals surface area contributed by atoms with E-state index >= 15 is 0 Å². The summed E-state index contributed by atoms with van der Waals surface area (Å²) in [5.74, 6) is 6.95. The monoisotopic (exact) mass is 216 g/mol. The molecule has 0 unspecified atom stereocenters. The van der Waals surface area contributed by atoms with Crippen LogP contribution >= 0.6 is 11.8 Å². The lowest BCUT2D eigenvalue weighted by Gasteiger charge is -2.06. The van der Waals surface area contributed by atoms with Gasteiger partial charge in [0.2, 0.25) is 0 Å². The number of nitrogens with two attached hydrogens (primary N) is 1. The highest BCUT2D eigenvalue weighted by molar-refractivity contribution is 7.98. The number of thioether (sulfide) groups is 1. The lowest BCUT2D eigenvalue weighted by Crippen LogP contribution is -2.13. The zero-order valence-electron chi connectivity index (χ0n) is 8.17. The molecule has 1 rings (SSSR count). The molecule has 1 heterocycles. The first-order valence-corrected chi connectivity index (χ1v) is 5.41. The molecule has 3 N–H and O–H groups in total. The van der Waals surface area contributed by atoms with E-state index in [1.165, 1.54) is 0 Å². The molecule has 1 aromatic rings. The zero-order chi connectivity index (χ0) is 10.6. The minimum absolute atomic E-state index is 0.0594. The van der Waals surface area contributed by atoms with Crippen molar-refractivity contribution in [2.75, 3.05) is 11.2 Å². The molecule has 0 aliphatic heterocycles. The second kappa shape index (κ2) is 5.11. The van der Waals surface area contributed by atoms with Crippen molar-refractivity contribution in [2.24, 2.45) is 5.84 Å². The molecule has 0 atom stereocenters. The Morgan fingerprint density at radius 1 is 1.50 bits per heavy atom. The average molecular weight is 216 g/mol. The Morgan fingerprint density at radius 2 is 2.21 bits per heavy atom. The summed E-state index contributed by atoms with van der Waals surface area (Å²) < 4.78 is 13.2. The summed E-state index contributed by atoms with van der Waals surface area (Å²) in [6.07, 6.45) is 0. The summed E-state index contributed by atoms with van der Waals surface area (Å²) in [7, 11) is 0. The largest absolute Gasteiger partial charge is 0.306 e. The van der Waals surface area contributed by atoms with Crippen LogP contribution in [0.4, 0.5) is 10.2 Å². The van der Waals surface area contributed by atoms with E-state index in [1.807, 2.05) is 6.92 Å². The first-order chi connectivity index (χ1) is 6.69. The summed E-state index contributed by atoms with van der Waals surface area (Å²) in [5.41, 5.74) is 2.54. The second-order valence-electron chi connectivity index (χ2n) is 2.67. The number of nitrogens with zero attached hydrogens (tertiary/aromatic N) is 2. The third-order valence-electron chi connectivity index (χ3n) is 1.64. The van der Waals surface area contributed by atoms with Crippen molar-refractivity contribution in [3.8, 4) is 0 Å². The molecule has 78 valence electrons. The maximum atomic E-state index is 13.2. The van der Waals surface area contributed by atoms with Crippen molar-refractivity contribution in [1.82, 2.24) is 9.97 Å². The van der Waals surface area contributed by atoms with Crippen LogP contribution in [-0.4, -0.2) is 15.7 Å². The molecule has 4 nitrogen and oxygen atoms in total. The van der Waals surface area contributed by atoms with E-state index in [9.17, 15) is 4.39 Å². The predicted octanol–water partition coefficient (Wildman–Crippen LogP) is 1.46. The van der Waals surface area contributed by atoms with Gasteiger partial charge in [-0.2, -0.15) is 11.8 Å². The van der Waals surface area contributed by atoms with Gasteiger partial charge in [0.15, 0.2) is 11.6 Å². The molecule has 0 radical (unpaired) electrons. The van der Waals surface area contributed by atoms with Crippen molar-refractivity contribution < 1.29 is 4.39 Å². The third-order valence-corrected chi connectivity index (χ3v) is 2.51. The molecule has 0 aliphatic carbocycles. The highest BCUT2D eigenvalue weighted by atomic mass is 32.2. The van der Waals surface area contributed by atoms with Crippen molar-refractivity contribution in [1.29, 1.82) is 0 Å². The van der Waals surface area contributed by atoms with E-state index in [0.717, 1.165) is 5.75 Å². The molecule has 0 saturated heterocycles. The smallest absolute Gasteiger partial charge is 0.187 e. The Balaban J connectivity index is 2.91. The van der Waals surface area contributed by atoms with E-state index in [0.29, 0.717) is 17.3 Å². The fourth-order valence-corrected chi connectivity index (χ4v) is 1.49. The Morgan fingerprint density at radius 3 is 2.79 bits per heavy atom. The van der Waals surface area contributed by atoms with Crippen molar-refractivity contribution >= 4 is 17.6 Å². The Kier molecular flexibility index (Phi) is 4.09. The maximum Gasteiger partial charge on any atom is 0.187 e. The third kappa shape index (κ3) is 2.55. The first kappa shape index (κ1) is 11.2. The highest BCUT2D eigenvalue weighted by Gasteiger charge is 2.09.